The third-order valence-electron chi connectivity index (χ3n) is 6.56. The van der Waals surface area contributed by atoms with Gasteiger partial charge in [0.25, 0.3) is 8.56 Å². The molecule has 1 aliphatic heterocycles. The minimum atomic E-state index is -3.01. The lowest BCUT2D eigenvalue weighted by atomic mass is 9.84. The number of benzene rings is 2. The predicted octanol–water partition coefficient (Wildman–Crippen LogP) is 6.22. The summed E-state index contributed by atoms with van der Waals surface area (Å²) in [6.45, 7) is 14.9. The largest absolute Gasteiger partial charge is 0.661 e. The zero-order chi connectivity index (χ0) is 23.1. The molecule has 1 heterocycles. The van der Waals surface area contributed by atoms with Crippen molar-refractivity contribution < 1.29 is 23.5 Å². The Bertz CT molecular complexity index is 1100. The summed E-state index contributed by atoms with van der Waals surface area (Å²) in [5.74, 6) is 1.63. The first-order valence-electron chi connectivity index (χ1n) is 10.7. The van der Waals surface area contributed by atoms with Gasteiger partial charge >= 0.3 is 0 Å². The molecule has 0 saturated carbocycles. The smallest absolute Gasteiger partial charge is 0.256 e. The lowest BCUT2D eigenvalue weighted by molar-refractivity contribution is 0.0708. The Morgan fingerprint density at radius 2 is 1.71 bits per heavy atom. The highest BCUT2D eigenvalue weighted by molar-refractivity contribution is 9.10. The van der Waals surface area contributed by atoms with Gasteiger partial charge in [-0.1, -0.05) is 51.6 Å². The van der Waals surface area contributed by atoms with Crippen LogP contribution in [0.4, 0.5) is 0 Å². The van der Waals surface area contributed by atoms with Gasteiger partial charge in [0.1, 0.15) is 17.6 Å². The summed E-state index contributed by atoms with van der Waals surface area (Å²) in [5, 5.41) is 11.5. The van der Waals surface area contributed by atoms with Gasteiger partial charge in [-0.2, -0.15) is 0 Å². The number of Topliss-reactive ketones (excluding diaryl/α,β-unsaturated/α-hetero) is 1. The van der Waals surface area contributed by atoms with Gasteiger partial charge in [0.2, 0.25) is 0 Å². The van der Waals surface area contributed by atoms with E-state index < -0.39 is 14.7 Å². The van der Waals surface area contributed by atoms with Crippen LogP contribution in [-0.2, 0) is 6.42 Å². The maximum absolute atomic E-state index is 13.3. The number of fused-ring (bicyclic) bond motifs is 2. The van der Waals surface area contributed by atoms with E-state index in [2.05, 4.69) is 63.5 Å². The zero-order valence-electron chi connectivity index (χ0n) is 19.5. The number of aliphatic hydroxyl groups is 1. The fourth-order valence-electron chi connectivity index (χ4n) is 5.26. The lowest BCUT2D eigenvalue weighted by Gasteiger charge is -2.62. The van der Waals surface area contributed by atoms with Crippen molar-refractivity contribution in [3.63, 3.8) is 0 Å². The summed E-state index contributed by atoms with van der Waals surface area (Å²) in [4.78, 5) is 13.3. The first kappa shape index (κ1) is 22.6. The number of carbonyl (C=O) groups excluding carboxylic acids is 1. The molecule has 0 spiro atoms. The summed E-state index contributed by atoms with van der Waals surface area (Å²) >= 11 is 3.75. The molecule has 1 unspecified atom stereocenters. The third kappa shape index (κ3) is 2.99. The van der Waals surface area contributed by atoms with Gasteiger partial charge < -0.3 is 18.7 Å². The van der Waals surface area contributed by atoms with Gasteiger partial charge in [0.05, 0.1) is 28.3 Å². The number of aryl methyl sites for hydroxylation is 1. The molecule has 4 rings (SSSR count). The number of hydrogen-bond acceptors (Lipinski definition) is 5. The van der Waals surface area contributed by atoms with Crippen LogP contribution in [0.2, 0.25) is 10.1 Å². The van der Waals surface area contributed by atoms with E-state index in [1.165, 1.54) is 0 Å². The number of rotatable bonds is 1. The minimum Gasteiger partial charge on any atom is -0.661 e. The van der Waals surface area contributed by atoms with Crippen molar-refractivity contribution in [1.29, 1.82) is 0 Å². The second-order valence-electron chi connectivity index (χ2n) is 10.7. The molecular formula is C24H31BrO5Si-. The normalized spacial score (nSPS) is 20.2. The van der Waals surface area contributed by atoms with Gasteiger partial charge in [0, 0.05) is 10.9 Å². The Labute approximate surface area is 193 Å². The van der Waals surface area contributed by atoms with Gasteiger partial charge in [-0.3, -0.25) is 4.79 Å². The van der Waals surface area contributed by atoms with Crippen LogP contribution in [0.3, 0.4) is 0 Å². The molecule has 7 heteroatoms. The number of methoxy groups -OCH3 is 1. The number of carbonyl (C=O) groups is 1. The monoisotopic (exact) mass is 506 g/mol. The van der Waals surface area contributed by atoms with Crippen LogP contribution in [0.1, 0.15) is 69.4 Å². The van der Waals surface area contributed by atoms with Crippen LogP contribution in [-0.4, -0.2) is 32.7 Å². The summed E-state index contributed by atoms with van der Waals surface area (Å²) in [6, 6.07) is 2.05. The molecule has 0 saturated heterocycles. The Balaban J connectivity index is 2.21. The van der Waals surface area contributed by atoms with E-state index in [1.54, 1.807) is 7.11 Å². The van der Waals surface area contributed by atoms with E-state index >= 15 is 0 Å². The molecule has 169 valence electrons. The Hall–Kier alpha value is -1.57. The van der Waals surface area contributed by atoms with Crippen LogP contribution >= 0.6 is 15.9 Å². The number of ketones is 1. The number of halogens is 1. The first-order valence-corrected chi connectivity index (χ1v) is 13.3. The second-order valence-corrected chi connectivity index (χ2v) is 16.1. The van der Waals surface area contributed by atoms with Gasteiger partial charge in [-0.05, 0) is 47.3 Å². The number of hydrogen-bond donors (Lipinski definition) is 1. The van der Waals surface area contributed by atoms with Gasteiger partial charge in [0.15, 0.2) is 5.78 Å². The summed E-state index contributed by atoms with van der Waals surface area (Å²) in [6.07, 6.45) is -0.0922. The van der Waals surface area contributed by atoms with Gasteiger partial charge in [-0.15, -0.1) is 0 Å². The molecule has 2 aliphatic rings. The molecule has 2 aromatic carbocycles. The lowest BCUT2D eigenvalue weighted by Crippen LogP contribution is -2.63. The van der Waals surface area contributed by atoms with Crippen molar-refractivity contribution >= 4 is 41.0 Å². The molecule has 0 amide bonds. The van der Waals surface area contributed by atoms with Crippen LogP contribution in [0.15, 0.2) is 10.5 Å². The van der Waals surface area contributed by atoms with E-state index in [-0.39, 0.29) is 15.9 Å². The zero-order valence-corrected chi connectivity index (χ0v) is 22.1. The van der Waals surface area contributed by atoms with Crippen molar-refractivity contribution in [1.82, 2.24) is 0 Å². The molecular weight excluding hydrogens is 476 g/mol. The van der Waals surface area contributed by atoms with E-state index in [0.29, 0.717) is 35.7 Å². The maximum Gasteiger partial charge on any atom is 0.256 e. The molecule has 2 aromatic rings. The standard InChI is InChI=1S/C24H31BrO5Si/c1-12-11-14-17-21(16-13(20(14)28-8)9-10-15(26)19(16)27)29-31(23(2,3)4,24(5,6)7)30-22(17)18(12)25/h11,15,26H,9-10H2,1-8H3/q-1. The maximum atomic E-state index is 13.3. The molecule has 31 heavy (non-hydrogen) atoms. The third-order valence-corrected chi connectivity index (χ3v) is 12.5. The highest BCUT2D eigenvalue weighted by atomic mass is 79.9. The van der Waals surface area contributed by atoms with E-state index in [1.807, 2.05) is 6.92 Å². The minimum absolute atomic E-state index is 0.290. The van der Waals surface area contributed by atoms with Gasteiger partial charge in [-0.25, -0.2) is 0 Å². The molecule has 0 bridgehead atoms. The van der Waals surface area contributed by atoms with Crippen LogP contribution in [0, 0.1) is 6.92 Å². The highest BCUT2D eigenvalue weighted by Crippen LogP contribution is 2.60. The molecule has 1 aliphatic carbocycles. The number of aliphatic hydroxyl groups excluding tert-OH is 1. The first-order chi connectivity index (χ1) is 14.2. The van der Waals surface area contributed by atoms with Crippen molar-refractivity contribution in [2.24, 2.45) is 0 Å². The van der Waals surface area contributed by atoms with Crippen molar-refractivity contribution in [3.8, 4) is 17.2 Å². The SMILES string of the molecule is COc1c2c(c3c4c(c(Br)c(C)cc14)O[Si-](C(C)(C)C)(C(C)(C)C)O3)C(=O)C(O)CC2. The highest BCUT2D eigenvalue weighted by Gasteiger charge is 2.52. The quantitative estimate of drug-likeness (QED) is 0.464. The fourth-order valence-corrected chi connectivity index (χ4v) is 10.3. The number of ether oxygens (including phenoxy) is 1. The van der Waals surface area contributed by atoms with E-state index in [4.69, 9.17) is 13.6 Å². The summed E-state index contributed by atoms with van der Waals surface area (Å²) < 4.78 is 20.5. The Kier molecular flexibility index (Phi) is 5.08. The average molecular weight is 507 g/mol. The summed E-state index contributed by atoms with van der Waals surface area (Å²) in [7, 11) is -1.39. The molecule has 0 radical (unpaired) electrons. The Morgan fingerprint density at radius 1 is 1.13 bits per heavy atom. The van der Waals surface area contributed by atoms with E-state index in [9.17, 15) is 9.90 Å². The second kappa shape index (κ2) is 6.96. The Morgan fingerprint density at radius 3 is 2.26 bits per heavy atom. The van der Waals surface area contributed by atoms with Crippen LogP contribution < -0.4 is 13.6 Å². The van der Waals surface area contributed by atoms with E-state index in [0.717, 1.165) is 26.4 Å². The topological polar surface area (TPSA) is 65.0 Å². The molecule has 0 aromatic heterocycles. The fraction of sp³-hybridized carbons (Fsp3) is 0.542. The van der Waals surface area contributed by atoms with Crippen LogP contribution in [0.25, 0.3) is 10.8 Å². The molecule has 1 N–H and O–H groups in total. The average Bonchev–Trinajstić information content (AvgIpc) is 2.66. The van der Waals surface area contributed by atoms with Crippen molar-refractivity contribution in [2.75, 3.05) is 7.11 Å². The molecule has 1 atom stereocenters. The molecule has 5 nitrogen and oxygen atoms in total. The van der Waals surface area contributed by atoms with Crippen molar-refractivity contribution in [3.05, 3.63) is 27.2 Å². The van der Waals surface area contributed by atoms with Crippen molar-refractivity contribution in [2.45, 2.75) is 77.5 Å². The van der Waals surface area contributed by atoms with Crippen LogP contribution in [0.5, 0.6) is 17.2 Å². The summed E-state index contributed by atoms with van der Waals surface area (Å²) in [5.41, 5.74) is 2.30. The predicted molar refractivity (Wildman–Crippen MR) is 128 cm³/mol. The molecule has 0 fully saturated rings.